The third-order valence-electron chi connectivity index (χ3n) is 4.38. The first kappa shape index (κ1) is 18.9. The molecular formula is C19H18N6O3S. The van der Waals surface area contributed by atoms with Crippen molar-refractivity contribution in [2.24, 2.45) is 7.05 Å². The van der Waals surface area contributed by atoms with E-state index in [1.807, 2.05) is 32.2 Å². The molecule has 29 heavy (non-hydrogen) atoms. The lowest BCUT2D eigenvalue weighted by Crippen LogP contribution is -2.24. The van der Waals surface area contributed by atoms with Gasteiger partial charge in [-0.25, -0.2) is 4.98 Å². The van der Waals surface area contributed by atoms with Crippen LogP contribution < -0.4 is 10.9 Å². The van der Waals surface area contributed by atoms with Gasteiger partial charge in [0.05, 0.1) is 29.0 Å². The number of hydrogen-bond donors (Lipinski definition) is 2. The van der Waals surface area contributed by atoms with Crippen LogP contribution in [0.5, 0.6) is 0 Å². The molecule has 0 unspecified atom stereocenters. The summed E-state index contributed by atoms with van der Waals surface area (Å²) in [5.41, 5.74) is 0.482. The van der Waals surface area contributed by atoms with Crippen molar-refractivity contribution in [1.29, 1.82) is 0 Å². The topological polar surface area (TPSA) is 119 Å². The smallest absolute Gasteiger partial charge is 0.287 e. The van der Waals surface area contributed by atoms with Crippen molar-refractivity contribution in [3.63, 3.8) is 0 Å². The van der Waals surface area contributed by atoms with Gasteiger partial charge in [0.15, 0.2) is 16.7 Å². The number of fused-ring (bicyclic) bond motifs is 1. The number of nitrogens with one attached hydrogen (secondary N) is 2. The predicted octanol–water partition coefficient (Wildman–Crippen LogP) is 2.43. The van der Waals surface area contributed by atoms with Gasteiger partial charge in [0, 0.05) is 7.05 Å². The fraction of sp³-hybridized carbons (Fsp3) is 0.211. The number of para-hydroxylation sites is 1. The lowest BCUT2D eigenvalue weighted by Gasteiger charge is -2.11. The van der Waals surface area contributed by atoms with Gasteiger partial charge in [-0.1, -0.05) is 23.9 Å². The summed E-state index contributed by atoms with van der Waals surface area (Å²) in [5, 5.41) is 12.1. The standard InChI is InChI=1S/C19H18N6O3S/c1-11(16-21-13-7-4-3-6-12(13)17(26)22-16)29-19-24-23-15(25(19)2)10-20-18(27)14-8-5-9-28-14/h3-9,11H,10H2,1-2H3,(H,20,27)(H,21,22,26)/t11-/m0/s1. The number of H-pyrrole nitrogens is 1. The fourth-order valence-electron chi connectivity index (χ4n) is 2.77. The molecule has 0 aliphatic rings. The molecule has 0 bridgehead atoms. The van der Waals surface area contributed by atoms with Crippen LogP contribution in [0.25, 0.3) is 10.9 Å². The van der Waals surface area contributed by atoms with Crippen molar-refractivity contribution in [3.05, 3.63) is 70.4 Å². The van der Waals surface area contributed by atoms with Crippen molar-refractivity contribution in [2.75, 3.05) is 0 Å². The molecule has 2 N–H and O–H groups in total. The van der Waals surface area contributed by atoms with E-state index < -0.39 is 0 Å². The van der Waals surface area contributed by atoms with E-state index in [1.165, 1.54) is 18.0 Å². The summed E-state index contributed by atoms with van der Waals surface area (Å²) in [5.74, 6) is 1.08. The highest BCUT2D eigenvalue weighted by atomic mass is 32.2. The summed E-state index contributed by atoms with van der Waals surface area (Å²) < 4.78 is 6.86. The van der Waals surface area contributed by atoms with E-state index in [0.29, 0.717) is 27.7 Å². The Labute approximate surface area is 169 Å². The zero-order valence-electron chi connectivity index (χ0n) is 15.7. The van der Waals surface area contributed by atoms with Crippen LogP contribution in [-0.4, -0.2) is 30.6 Å². The minimum absolute atomic E-state index is 0.152. The molecule has 4 aromatic rings. The van der Waals surface area contributed by atoms with Crippen LogP contribution in [-0.2, 0) is 13.6 Å². The maximum absolute atomic E-state index is 12.3. The number of furan rings is 1. The molecule has 9 nitrogen and oxygen atoms in total. The minimum Gasteiger partial charge on any atom is -0.459 e. The van der Waals surface area contributed by atoms with Gasteiger partial charge in [0.1, 0.15) is 5.82 Å². The van der Waals surface area contributed by atoms with Crippen molar-refractivity contribution >= 4 is 28.6 Å². The quantitative estimate of drug-likeness (QED) is 0.469. The van der Waals surface area contributed by atoms with Crippen LogP contribution in [0.15, 0.2) is 57.0 Å². The molecule has 0 spiro atoms. The van der Waals surface area contributed by atoms with Gasteiger partial charge in [-0.2, -0.15) is 0 Å². The highest BCUT2D eigenvalue weighted by Gasteiger charge is 2.18. The molecule has 0 radical (unpaired) electrons. The number of nitrogens with zero attached hydrogens (tertiary/aromatic N) is 4. The zero-order chi connectivity index (χ0) is 20.4. The third-order valence-corrected chi connectivity index (χ3v) is 5.52. The number of rotatable bonds is 6. The van der Waals surface area contributed by atoms with Crippen LogP contribution in [0, 0.1) is 0 Å². The summed E-state index contributed by atoms with van der Waals surface area (Å²) in [6.07, 6.45) is 1.44. The maximum atomic E-state index is 12.3. The lowest BCUT2D eigenvalue weighted by molar-refractivity contribution is 0.0921. The van der Waals surface area contributed by atoms with Gasteiger partial charge in [-0.05, 0) is 31.2 Å². The molecule has 10 heteroatoms. The normalized spacial score (nSPS) is 12.2. The van der Waals surface area contributed by atoms with Gasteiger partial charge in [0.25, 0.3) is 11.5 Å². The molecule has 3 aromatic heterocycles. The minimum atomic E-state index is -0.321. The molecule has 1 atom stereocenters. The average Bonchev–Trinajstić information content (AvgIpc) is 3.37. The average molecular weight is 410 g/mol. The molecule has 1 amide bonds. The van der Waals surface area contributed by atoms with Crippen LogP contribution in [0.2, 0.25) is 0 Å². The molecule has 0 aliphatic heterocycles. The summed E-state index contributed by atoms with van der Waals surface area (Å²) in [6.45, 7) is 2.15. The Hall–Kier alpha value is -3.40. The molecule has 0 aliphatic carbocycles. The molecule has 148 valence electrons. The number of amides is 1. The number of carbonyl (C=O) groups is 1. The number of carbonyl (C=O) groups excluding carboxylic acids is 1. The van der Waals surface area contributed by atoms with Gasteiger partial charge < -0.3 is 19.3 Å². The maximum Gasteiger partial charge on any atom is 0.287 e. The number of hydrogen-bond acceptors (Lipinski definition) is 7. The van der Waals surface area contributed by atoms with Gasteiger partial charge in [-0.3, -0.25) is 9.59 Å². The van der Waals surface area contributed by atoms with Crippen molar-refractivity contribution in [2.45, 2.75) is 23.9 Å². The van der Waals surface area contributed by atoms with E-state index in [4.69, 9.17) is 4.42 Å². The summed E-state index contributed by atoms with van der Waals surface area (Å²) in [4.78, 5) is 31.7. The van der Waals surface area contributed by atoms with Crippen molar-refractivity contribution in [1.82, 2.24) is 30.0 Å². The monoisotopic (exact) mass is 410 g/mol. The fourth-order valence-corrected chi connectivity index (χ4v) is 3.66. The molecule has 0 saturated heterocycles. The van der Waals surface area contributed by atoms with E-state index in [2.05, 4.69) is 25.5 Å². The number of thioether (sulfide) groups is 1. The van der Waals surface area contributed by atoms with Gasteiger partial charge >= 0.3 is 0 Å². The molecule has 0 saturated carbocycles. The number of aromatic amines is 1. The molecular weight excluding hydrogens is 392 g/mol. The largest absolute Gasteiger partial charge is 0.459 e. The van der Waals surface area contributed by atoms with E-state index in [0.717, 1.165) is 0 Å². The first-order chi connectivity index (χ1) is 14.0. The summed E-state index contributed by atoms with van der Waals surface area (Å²) in [6, 6.07) is 10.5. The third kappa shape index (κ3) is 3.92. The second-order valence-corrected chi connectivity index (χ2v) is 7.65. The molecule has 1 aromatic carbocycles. The Morgan fingerprint density at radius 3 is 2.90 bits per heavy atom. The van der Waals surface area contributed by atoms with E-state index in [9.17, 15) is 9.59 Å². The Balaban J connectivity index is 1.47. The van der Waals surface area contributed by atoms with Crippen LogP contribution in [0.3, 0.4) is 0 Å². The van der Waals surface area contributed by atoms with Gasteiger partial charge in [-0.15, -0.1) is 10.2 Å². The molecule has 0 fully saturated rings. The van der Waals surface area contributed by atoms with Crippen LogP contribution in [0.4, 0.5) is 0 Å². The molecule has 4 rings (SSSR count). The van der Waals surface area contributed by atoms with E-state index in [1.54, 1.807) is 22.8 Å². The van der Waals surface area contributed by atoms with Crippen LogP contribution >= 0.6 is 11.8 Å². The number of aromatic nitrogens is 5. The highest BCUT2D eigenvalue weighted by Crippen LogP contribution is 2.31. The summed E-state index contributed by atoms with van der Waals surface area (Å²) in [7, 11) is 1.82. The van der Waals surface area contributed by atoms with Crippen LogP contribution in [0.1, 0.15) is 34.4 Å². The first-order valence-electron chi connectivity index (χ1n) is 8.88. The lowest BCUT2D eigenvalue weighted by atomic mass is 10.2. The first-order valence-corrected chi connectivity index (χ1v) is 9.76. The Morgan fingerprint density at radius 1 is 1.28 bits per heavy atom. The predicted molar refractivity (Wildman–Crippen MR) is 108 cm³/mol. The van der Waals surface area contributed by atoms with Gasteiger partial charge in [0.2, 0.25) is 0 Å². The second kappa shape index (κ2) is 7.92. The summed E-state index contributed by atoms with van der Waals surface area (Å²) >= 11 is 1.42. The van der Waals surface area contributed by atoms with E-state index >= 15 is 0 Å². The Bertz CT molecular complexity index is 1210. The number of benzene rings is 1. The van der Waals surface area contributed by atoms with E-state index in [-0.39, 0.29) is 29.0 Å². The Morgan fingerprint density at radius 2 is 2.10 bits per heavy atom. The molecule has 3 heterocycles. The zero-order valence-corrected chi connectivity index (χ0v) is 16.6. The van der Waals surface area contributed by atoms with Crippen molar-refractivity contribution < 1.29 is 9.21 Å². The highest BCUT2D eigenvalue weighted by molar-refractivity contribution is 7.99. The Kier molecular flexibility index (Phi) is 5.17. The SMILES string of the molecule is C[C@H](Sc1nnc(CNC(=O)c2ccco2)n1C)c1nc2ccccc2c(=O)[nH]1. The second-order valence-electron chi connectivity index (χ2n) is 6.35. The van der Waals surface area contributed by atoms with Crippen molar-refractivity contribution in [3.8, 4) is 0 Å².